The van der Waals surface area contributed by atoms with Crippen LogP contribution >= 0.6 is 23.4 Å². The number of nitrogens with one attached hydrogen (secondary N) is 2. The van der Waals surface area contributed by atoms with E-state index in [2.05, 4.69) is 20.8 Å². The summed E-state index contributed by atoms with van der Waals surface area (Å²) in [6.07, 6.45) is 3.02. The zero-order chi connectivity index (χ0) is 22.3. The summed E-state index contributed by atoms with van der Waals surface area (Å²) in [4.78, 5) is 24.4. The van der Waals surface area contributed by atoms with E-state index in [1.807, 2.05) is 18.2 Å². The van der Waals surface area contributed by atoms with Crippen molar-refractivity contribution in [2.45, 2.75) is 11.7 Å². The number of hydrogen-bond donors (Lipinski definition) is 2. The molecule has 0 saturated heterocycles. The minimum Gasteiger partial charge on any atom is -0.459 e. The second-order valence-corrected chi connectivity index (χ2v) is 8.04. The molecule has 0 saturated carbocycles. The quantitative estimate of drug-likeness (QED) is 0.377. The molecule has 2 amide bonds. The maximum Gasteiger partial charge on any atom is 0.291 e. The number of rotatable bonds is 8. The van der Waals surface area contributed by atoms with Crippen LogP contribution in [0.15, 0.2) is 82.8 Å². The second kappa shape index (κ2) is 10.2. The molecule has 0 radical (unpaired) electrons. The first-order valence-electron chi connectivity index (χ1n) is 9.58. The fourth-order valence-electron chi connectivity index (χ4n) is 2.87. The van der Waals surface area contributed by atoms with Crippen LogP contribution in [0.1, 0.15) is 16.1 Å². The Kier molecular flexibility index (Phi) is 6.88. The number of furan rings is 1. The van der Waals surface area contributed by atoms with Crippen LogP contribution in [0.25, 0.3) is 5.69 Å². The van der Waals surface area contributed by atoms with Gasteiger partial charge in [0.1, 0.15) is 6.33 Å². The van der Waals surface area contributed by atoms with E-state index in [0.29, 0.717) is 22.4 Å². The third kappa shape index (κ3) is 5.57. The van der Waals surface area contributed by atoms with Crippen molar-refractivity contribution in [3.63, 3.8) is 0 Å². The minimum atomic E-state index is -0.337. The van der Waals surface area contributed by atoms with Crippen molar-refractivity contribution in [2.24, 2.45) is 0 Å². The molecule has 2 aromatic heterocycles. The van der Waals surface area contributed by atoms with Gasteiger partial charge in [0.15, 0.2) is 10.9 Å². The Balaban J connectivity index is 1.30. The first-order chi connectivity index (χ1) is 15.6. The Morgan fingerprint density at radius 2 is 1.97 bits per heavy atom. The normalized spacial score (nSPS) is 10.7. The smallest absolute Gasteiger partial charge is 0.291 e. The first-order valence-corrected chi connectivity index (χ1v) is 10.9. The lowest BCUT2D eigenvalue weighted by Crippen LogP contribution is -2.24. The predicted molar refractivity (Wildman–Crippen MR) is 122 cm³/mol. The summed E-state index contributed by atoms with van der Waals surface area (Å²) in [5, 5.41) is 14.8. The highest BCUT2D eigenvalue weighted by Gasteiger charge is 2.11. The molecule has 0 aliphatic heterocycles. The topological polar surface area (TPSA) is 102 Å². The van der Waals surface area contributed by atoms with Crippen molar-refractivity contribution < 1.29 is 14.0 Å². The number of nitrogens with zero attached hydrogens (tertiary/aromatic N) is 3. The highest BCUT2D eigenvalue weighted by molar-refractivity contribution is 7.99. The molecule has 0 spiro atoms. The van der Waals surface area contributed by atoms with Gasteiger partial charge in [-0.2, -0.15) is 0 Å². The Hall–Kier alpha value is -3.56. The maximum absolute atomic E-state index is 12.3. The van der Waals surface area contributed by atoms with Gasteiger partial charge in [-0.1, -0.05) is 41.6 Å². The zero-order valence-electron chi connectivity index (χ0n) is 16.7. The van der Waals surface area contributed by atoms with Gasteiger partial charge < -0.3 is 15.1 Å². The van der Waals surface area contributed by atoms with E-state index in [-0.39, 0.29) is 23.3 Å². The number of halogens is 1. The van der Waals surface area contributed by atoms with Gasteiger partial charge >= 0.3 is 0 Å². The molecule has 0 aliphatic rings. The van der Waals surface area contributed by atoms with Crippen LogP contribution in [0.3, 0.4) is 0 Å². The van der Waals surface area contributed by atoms with Crippen molar-refractivity contribution in [1.82, 2.24) is 20.1 Å². The predicted octanol–water partition coefficient (Wildman–Crippen LogP) is 4.17. The molecular weight excluding hydrogens is 450 g/mol. The standard InChI is InChI=1S/C22H18ClN5O3S/c23-16-5-2-7-18(11-16)28-14-25-27-22(28)32-13-20(29)24-12-15-4-1-6-17(10-15)26-21(30)19-8-3-9-31-19/h1-11,14H,12-13H2,(H,24,29)(H,26,30). The van der Waals surface area contributed by atoms with Crippen LogP contribution in [0.4, 0.5) is 5.69 Å². The number of aromatic nitrogens is 3. The highest BCUT2D eigenvalue weighted by Crippen LogP contribution is 2.21. The second-order valence-electron chi connectivity index (χ2n) is 6.66. The van der Waals surface area contributed by atoms with Gasteiger partial charge in [0.05, 0.1) is 17.7 Å². The Morgan fingerprint density at radius 1 is 1.09 bits per heavy atom. The van der Waals surface area contributed by atoms with Crippen LogP contribution in [-0.2, 0) is 11.3 Å². The monoisotopic (exact) mass is 467 g/mol. The van der Waals surface area contributed by atoms with E-state index >= 15 is 0 Å². The van der Waals surface area contributed by atoms with Crippen LogP contribution in [0.5, 0.6) is 0 Å². The average Bonchev–Trinajstić information content (AvgIpc) is 3.49. The van der Waals surface area contributed by atoms with Gasteiger partial charge in [0, 0.05) is 17.3 Å². The van der Waals surface area contributed by atoms with Crippen molar-refractivity contribution in [3.8, 4) is 5.69 Å². The lowest BCUT2D eigenvalue weighted by Gasteiger charge is -2.09. The molecule has 4 rings (SSSR count). The van der Waals surface area contributed by atoms with Crippen molar-refractivity contribution in [3.05, 3.63) is 89.6 Å². The van der Waals surface area contributed by atoms with Crippen molar-refractivity contribution in [1.29, 1.82) is 0 Å². The van der Waals surface area contributed by atoms with Crippen LogP contribution in [-0.4, -0.2) is 32.3 Å². The molecule has 0 atom stereocenters. The molecule has 2 aromatic carbocycles. The van der Waals surface area contributed by atoms with Crippen molar-refractivity contribution >= 4 is 40.9 Å². The lowest BCUT2D eigenvalue weighted by molar-refractivity contribution is -0.118. The van der Waals surface area contributed by atoms with Crippen LogP contribution in [0, 0.1) is 0 Å². The number of carbonyl (C=O) groups excluding carboxylic acids is 2. The summed E-state index contributed by atoms with van der Waals surface area (Å²) < 4.78 is 6.86. The number of amides is 2. The zero-order valence-corrected chi connectivity index (χ0v) is 18.3. The number of hydrogen-bond acceptors (Lipinski definition) is 6. The molecule has 0 bridgehead atoms. The minimum absolute atomic E-state index is 0.152. The van der Waals surface area contributed by atoms with Gasteiger partial charge in [0.25, 0.3) is 5.91 Å². The highest BCUT2D eigenvalue weighted by atomic mass is 35.5. The van der Waals surface area contributed by atoms with Crippen molar-refractivity contribution in [2.75, 3.05) is 11.1 Å². The third-order valence-corrected chi connectivity index (χ3v) is 5.53. The van der Waals surface area contributed by atoms with E-state index in [0.717, 1.165) is 11.3 Å². The summed E-state index contributed by atoms with van der Waals surface area (Å²) in [6.45, 7) is 0.324. The fourth-order valence-corrected chi connectivity index (χ4v) is 3.81. The van der Waals surface area contributed by atoms with E-state index in [1.165, 1.54) is 18.0 Å². The largest absolute Gasteiger partial charge is 0.459 e. The number of thioether (sulfide) groups is 1. The Morgan fingerprint density at radius 3 is 2.78 bits per heavy atom. The van der Waals surface area contributed by atoms with Gasteiger partial charge in [-0.25, -0.2) is 0 Å². The van der Waals surface area contributed by atoms with E-state index < -0.39 is 0 Å². The molecule has 162 valence electrons. The molecule has 8 nitrogen and oxygen atoms in total. The lowest BCUT2D eigenvalue weighted by atomic mass is 10.2. The SMILES string of the molecule is O=C(CSc1nncn1-c1cccc(Cl)c1)NCc1cccc(NC(=O)c2ccco2)c1. The molecular formula is C22H18ClN5O3S. The Labute approximate surface area is 193 Å². The van der Waals surface area contributed by atoms with Gasteiger partial charge in [-0.3, -0.25) is 14.2 Å². The summed E-state index contributed by atoms with van der Waals surface area (Å²) in [5.41, 5.74) is 2.28. The summed E-state index contributed by atoms with van der Waals surface area (Å²) in [6, 6.07) is 17.8. The van der Waals surface area contributed by atoms with Crippen LogP contribution in [0.2, 0.25) is 5.02 Å². The average molecular weight is 468 g/mol. The molecule has 0 fully saturated rings. The van der Waals surface area contributed by atoms with E-state index in [1.54, 1.807) is 53.4 Å². The van der Waals surface area contributed by atoms with E-state index in [9.17, 15) is 9.59 Å². The molecule has 4 aromatic rings. The van der Waals surface area contributed by atoms with Gasteiger partial charge in [-0.15, -0.1) is 10.2 Å². The summed E-state index contributed by atoms with van der Waals surface area (Å²) in [7, 11) is 0. The van der Waals surface area contributed by atoms with Crippen LogP contribution < -0.4 is 10.6 Å². The molecule has 2 heterocycles. The Bertz CT molecular complexity index is 1230. The molecule has 32 heavy (non-hydrogen) atoms. The fraction of sp³-hybridized carbons (Fsp3) is 0.0909. The maximum atomic E-state index is 12.3. The van der Waals surface area contributed by atoms with Gasteiger partial charge in [0.2, 0.25) is 5.91 Å². The first kappa shape index (κ1) is 21.7. The number of carbonyl (C=O) groups is 2. The molecule has 0 aliphatic carbocycles. The number of benzene rings is 2. The molecule has 2 N–H and O–H groups in total. The molecule has 0 unspecified atom stereocenters. The van der Waals surface area contributed by atoms with Gasteiger partial charge in [-0.05, 0) is 48.0 Å². The summed E-state index contributed by atoms with van der Waals surface area (Å²) >= 11 is 7.33. The number of anilines is 1. The molecule has 10 heteroatoms. The third-order valence-electron chi connectivity index (χ3n) is 4.35. The van der Waals surface area contributed by atoms with E-state index in [4.69, 9.17) is 16.0 Å². The summed E-state index contributed by atoms with van der Waals surface area (Å²) in [5.74, 6) is -0.0859.